The Kier molecular flexibility index (Phi) is 4.20. The van der Waals surface area contributed by atoms with E-state index in [0.717, 1.165) is 24.2 Å². The molecule has 0 amide bonds. The summed E-state index contributed by atoms with van der Waals surface area (Å²) in [6.07, 6.45) is 0. The fourth-order valence-electron chi connectivity index (χ4n) is 3.28. The molecule has 0 aromatic heterocycles. The van der Waals surface area contributed by atoms with E-state index in [1.54, 1.807) is 0 Å². The van der Waals surface area contributed by atoms with Gasteiger partial charge in [-0.25, -0.2) is 0 Å². The van der Waals surface area contributed by atoms with Crippen molar-refractivity contribution in [3.8, 4) is 0 Å². The summed E-state index contributed by atoms with van der Waals surface area (Å²) in [6, 6.07) is 17.7. The van der Waals surface area contributed by atoms with Crippen molar-refractivity contribution < 1.29 is 4.92 Å². The second kappa shape index (κ2) is 6.28. The molecule has 1 heterocycles. The maximum Gasteiger partial charge on any atom is 0.233 e. The van der Waals surface area contributed by atoms with Gasteiger partial charge in [0.2, 0.25) is 6.04 Å². The van der Waals surface area contributed by atoms with Crippen molar-refractivity contribution in [2.24, 2.45) is 0 Å². The smallest absolute Gasteiger partial charge is 0.233 e. The predicted octanol–water partition coefficient (Wildman–Crippen LogP) is 3.24. The van der Waals surface area contributed by atoms with Gasteiger partial charge >= 0.3 is 0 Å². The van der Waals surface area contributed by atoms with Gasteiger partial charge in [0.25, 0.3) is 0 Å². The zero-order valence-electron chi connectivity index (χ0n) is 12.7. The Labute approximate surface area is 130 Å². The van der Waals surface area contributed by atoms with Crippen molar-refractivity contribution in [1.29, 1.82) is 0 Å². The summed E-state index contributed by atoms with van der Waals surface area (Å²) in [5.74, 6) is -0.0291. The maximum atomic E-state index is 11.4. The average molecular weight is 296 g/mol. The normalized spacial score (nSPS) is 21.9. The van der Waals surface area contributed by atoms with Crippen LogP contribution in [0.15, 0.2) is 54.6 Å². The molecule has 4 nitrogen and oxygen atoms in total. The van der Waals surface area contributed by atoms with E-state index >= 15 is 0 Å². The lowest BCUT2D eigenvalue weighted by Gasteiger charge is -2.15. The molecule has 1 saturated heterocycles. The van der Waals surface area contributed by atoms with Crippen molar-refractivity contribution in [2.75, 3.05) is 13.1 Å². The molecule has 1 aliphatic rings. The molecule has 0 bridgehead atoms. The van der Waals surface area contributed by atoms with Crippen LogP contribution in [0, 0.1) is 17.0 Å². The molecule has 22 heavy (non-hydrogen) atoms. The third-order valence-electron chi connectivity index (χ3n) is 4.35. The van der Waals surface area contributed by atoms with Crippen LogP contribution in [0.5, 0.6) is 0 Å². The number of likely N-dealkylation sites (tertiary alicyclic amines) is 1. The maximum absolute atomic E-state index is 11.4. The van der Waals surface area contributed by atoms with E-state index in [9.17, 15) is 10.1 Å². The molecule has 2 atom stereocenters. The molecule has 1 aliphatic heterocycles. The summed E-state index contributed by atoms with van der Waals surface area (Å²) in [5, 5.41) is 11.4. The zero-order chi connectivity index (χ0) is 15.5. The molecular weight excluding hydrogens is 276 g/mol. The van der Waals surface area contributed by atoms with Gasteiger partial charge in [-0.2, -0.15) is 0 Å². The number of nitrogens with zero attached hydrogens (tertiary/aromatic N) is 2. The molecule has 3 rings (SSSR count). The van der Waals surface area contributed by atoms with Gasteiger partial charge in [-0.05, 0) is 18.1 Å². The van der Waals surface area contributed by atoms with Crippen molar-refractivity contribution in [3.05, 3.63) is 81.4 Å². The van der Waals surface area contributed by atoms with Gasteiger partial charge in [0.1, 0.15) is 0 Å². The van der Waals surface area contributed by atoms with E-state index in [0.29, 0.717) is 6.54 Å². The molecular formula is C18H20N2O2. The highest BCUT2D eigenvalue weighted by atomic mass is 16.6. The largest absolute Gasteiger partial charge is 0.292 e. The van der Waals surface area contributed by atoms with E-state index in [2.05, 4.69) is 23.1 Å². The third-order valence-corrected chi connectivity index (χ3v) is 4.35. The number of benzene rings is 2. The Balaban J connectivity index is 1.79. The molecule has 114 valence electrons. The SMILES string of the molecule is Cc1cccc(C2CN(Cc3ccccc3)CC2[N+](=O)[O-])c1. The molecule has 2 aromatic rings. The highest BCUT2D eigenvalue weighted by Crippen LogP contribution is 2.30. The fourth-order valence-corrected chi connectivity index (χ4v) is 3.28. The lowest BCUT2D eigenvalue weighted by Crippen LogP contribution is -2.28. The van der Waals surface area contributed by atoms with Gasteiger partial charge in [-0.15, -0.1) is 0 Å². The monoisotopic (exact) mass is 296 g/mol. The van der Waals surface area contributed by atoms with Crippen LogP contribution in [0.3, 0.4) is 0 Å². The summed E-state index contributed by atoms with van der Waals surface area (Å²) in [6.45, 7) is 4.05. The Morgan fingerprint density at radius 1 is 1.14 bits per heavy atom. The number of rotatable bonds is 4. The van der Waals surface area contributed by atoms with Gasteiger partial charge in [-0.3, -0.25) is 15.0 Å². The van der Waals surface area contributed by atoms with Crippen LogP contribution in [0.4, 0.5) is 0 Å². The van der Waals surface area contributed by atoms with Crippen LogP contribution in [0.25, 0.3) is 0 Å². The van der Waals surface area contributed by atoms with Crippen LogP contribution in [-0.4, -0.2) is 29.0 Å². The lowest BCUT2D eigenvalue weighted by atomic mass is 9.93. The molecule has 0 N–H and O–H groups in total. The second-order valence-electron chi connectivity index (χ2n) is 6.05. The van der Waals surface area contributed by atoms with Crippen LogP contribution in [0.2, 0.25) is 0 Å². The van der Waals surface area contributed by atoms with Gasteiger partial charge in [0.15, 0.2) is 0 Å². The van der Waals surface area contributed by atoms with Crippen molar-refractivity contribution in [1.82, 2.24) is 4.90 Å². The first-order valence-electron chi connectivity index (χ1n) is 7.60. The minimum Gasteiger partial charge on any atom is -0.292 e. The molecule has 1 fully saturated rings. The zero-order valence-corrected chi connectivity index (χ0v) is 12.7. The quantitative estimate of drug-likeness (QED) is 0.643. The Bertz CT molecular complexity index is 657. The highest BCUT2D eigenvalue weighted by Gasteiger charge is 2.41. The first-order valence-corrected chi connectivity index (χ1v) is 7.60. The van der Waals surface area contributed by atoms with E-state index in [1.807, 2.05) is 43.3 Å². The van der Waals surface area contributed by atoms with Gasteiger partial charge in [-0.1, -0.05) is 60.2 Å². The third kappa shape index (κ3) is 3.17. The Hall–Kier alpha value is -2.20. The van der Waals surface area contributed by atoms with Crippen molar-refractivity contribution in [3.63, 3.8) is 0 Å². The van der Waals surface area contributed by atoms with E-state index < -0.39 is 6.04 Å². The average Bonchev–Trinajstić information content (AvgIpc) is 2.92. The van der Waals surface area contributed by atoms with Gasteiger partial charge in [0, 0.05) is 18.0 Å². The number of hydrogen-bond donors (Lipinski definition) is 0. The number of aryl methyl sites for hydroxylation is 1. The lowest BCUT2D eigenvalue weighted by molar-refractivity contribution is -0.521. The molecule has 0 radical (unpaired) electrons. The Morgan fingerprint density at radius 2 is 1.91 bits per heavy atom. The second-order valence-corrected chi connectivity index (χ2v) is 6.05. The topological polar surface area (TPSA) is 46.4 Å². The molecule has 2 aromatic carbocycles. The molecule has 0 saturated carbocycles. The summed E-state index contributed by atoms with van der Waals surface area (Å²) >= 11 is 0. The Morgan fingerprint density at radius 3 is 2.59 bits per heavy atom. The van der Waals surface area contributed by atoms with Crippen LogP contribution in [0.1, 0.15) is 22.6 Å². The first kappa shape index (κ1) is 14.7. The summed E-state index contributed by atoms with van der Waals surface area (Å²) in [7, 11) is 0. The number of nitro groups is 1. The van der Waals surface area contributed by atoms with Gasteiger partial charge < -0.3 is 0 Å². The molecule has 4 heteroatoms. The summed E-state index contributed by atoms with van der Waals surface area (Å²) in [5.41, 5.74) is 3.44. The highest BCUT2D eigenvalue weighted by molar-refractivity contribution is 5.28. The van der Waals surface area contributed by atoms with E-state index in [1.165, 1.54) is 5.56 Å². The van der Waals surface area contributed by atoms with E-state index in [-0.39, 0.29) is 10.8 Å². The molecule has 0 aliphatic carbocycles. The van der Waals surface area contributed by atoms with Crippen LogP contribution < -0.4 is 0 Å². The number of hydrogen-bond acceptors (Lipinski definition) is 3. The summed E-state index contributed by atoms with van der Waals surface area (Å²) < 4.78 is 0. The molecule has 0 spiro atoms. The van der Waals surface area contributed by atoms with Crippen molar-refractivity contribution >= 4 is 0 Å². The minimum absolute atomic E-state index is 0.0291. The van der Waals surface area contributed by atoms with Crippen LogP contribution >= 0.6 is 0 Å². The first-order chi connectivity index (χ1) is 10.6. The van der Waals surface area contributed by atoms with Crippen molar-refractivity contribution in [2.45, 2.75) is 25.4 Å². The minimum atomic E-state index is -0.523. The predicted molar refractivity (Wildman–Crippen MR) is 86.4 cm³/mol. The fraction of sp³-hybridized carbons (Fsp3) is 0.333. The summed E-state index contributed by atoms with van der Waals surface area (Å²) in [4.78, 5) is 13.5. The molecule has 2 unspecified atom stereocenters. The van der Waals surface area contributed by atoms with Crippen LogP contribution in [-0.2, 0) is 6.54 Å². The van der Waals surface area contributed by atoms with Gasteiger partial charge in [0.05, 0.1) is 12.5 Å². The standard InChI is InChI=1S/C18H20N2O2/c1-14-6-5-9-16(10-14)17-12-19(13-18(17)20(21)22)11-15-7-3-2-4-8-15/h2-10,17-18H,11-13H2,1H3. The van der Waals surface area contributed by atoms with E-state index in [4.69, 9.17) is 0 Å².